The van der Waals surface area contributed by atoms with Crippen LogP contribution in [0.2, 0.25) is 0 Å². The number of amides is 1. The molecule has 2 aliphatic heterocycles. The van der Waals surface area contributed by atoms with Gasteiger partial charge in [-0.15, -0.1) is 0 Å². The highest BCUT2D eigenvalue weighted by Crippen LogP contribution is 2.26. The summed E-state index contributed by atoms with van der Waals surface area (Å²) >= 11 is 0. The maximum absolute atomic E-state index is 13.4. The first-order valence-electron chi connectivity index (χ1n) is 9.25. The lowest BCUT2D eigenvalue weighted by atomic mass is 9.97. The van der Waals surface area contributed by atoms with Gasteiger partial charge in [-0.25, -0.2) is 4.39 Å². The lowest BCUT2D eigenvalue weighted by molar-refractivity contribution is -0.144. The molecule has 1 aromatic carbocycles. The number of carbonyl (C=O) groups excluding carboxylic acids is 1. The fraction of sp³-hybridized carbons (Fsp3) is 0.650. The molecule has 2 saturated heterocycles. The van der Waals surface area contributed by atoms with Gasteiger partial charge < -0.3 is 9.64 Å². The van der Waals surface area contributed by atoms with Gasteiger partial charge in [0.15, 0.2) is 0 Å². The lowest BCUT2D eigenvalue weighted by Crippen LogP contribution is -2.58. The van der Waals surface area contributed by atoms with E-state index >= 15 is 0 Å². The smallest absolute Gasteiger partial charge is 0.242 e. The third-order valence-corrected chi connectivity index (χ3v) is 5.64. The Hall–Kier alpha value is -1.46. The van der Waals surface area contributed by atoms with Crippen molar-refractivity contribution in [3.8, 4) is 0 Å². The second-order valence-corrected chi connectivity index (χ2v) is 7.85. The zero-order chi connectivity index (χ0) is 18.0. The summed E-state index contributed by atoms with van der Waals surface area (Å²) in [7, 11) is 0. The number of nitrogens with zero attached hydrogens (tertiary/aromatic N) is 2. The molecule has 0 aliphatic carbocycles. The zero-order valence-electron chi connectivity index (χ0n) is 15.6. The molecule has 0 bridgehead atoms. The van der Waals surface area contributed by atoms with E-state index in [1.54, 1.807) is 13.0 Å². The number of hydrogen-bond acceptors (Lipinski definition) is 3. The van der Waals surface area contributed by atoms with Gasteiger partial charge in [-0.1, -0.05) is 12.1 Å². The van der Waals surface area contributed by atoms with Crippen LogP contribution >= 0.6 is 0 Å². The Balaban J connectivity index is 1.59. The molecular formula is C20H29FN2O2. The van der Waals surface area contributed by atoms with Crippen molar-refractivity contribution in [2.75, 3.05) is 39.4 Å². The summed E-state index contributed by atoms with van der Waals surface area (Å²) in [5.41, 5.74) is 1.37. The summed E-state index contributed by atoms with van der Waals surface area (Å²) in [6.07, 6.45) is 1.92. The fourth-order valence-electron chi connectivity index (χ4n) is 4.00. The third kappa shape index (κ3) is 4.04. The maximum Gasteiger partial charge on any atom is 0.242 e. The summed E-state index contributed by atoms with van der Waals surface area (Å²) in [5.74, 6) is 0.515. The van der Waals surface area contributed by atoms with E-state index in [1.807, 2.05) is 30.9 Å². The van der Waals surface area contributed by atoms with Crippen molar-refractivity contribution >= 4 is 5.91 Å². The molecule has 0 radical (unpaired) electrons. The number of carbonyl (C=O) groups is 1. The van der Waals surface area contributed by atoms with Gasteiger partial charge in [-0.05, 0) is 56.7 Å². The first-order valence-corrected chi connectivity index (χ1v) is 9.25. The number of morpholine rings is 1. The molecular weight excluding hydrogens is 319 g/mol. The van der Waals surface area contributed by atoms with E-state index in [1.165, 1.54) is 0 Å². The lowest BCUT2D eigenvalue weighted by Gasteiger charge is -2.41. The first kappa shape index (κ1) is 18.3. The molecule has 5 heteroatoms. The summed E-state index contributed by atoms with van der Waals surface area (Å²) in [5, 5.41) is 0. The van der Waals surface area contributed by atoms with Crippen LogP contribution in [0.25, 0.3) is 0 Å². The van der Waals surface area contributed by atoms with E-state index in [2.05, 4.69) is 4.90 Å². The van der Waals surface area contributed by atoms with Crippen LogP contribution in [-0.4, -0.2) is 60.6 Å². The Morgan fingerprint density at radius 2 is 2.00 bits per heavy atom. The van der Waals surface area contributed by atoms with Gasteiger partial charge >= 0.3 is 0 Å². The van der Waals surface area contributed by atoms with Crippen LogP contribution in [0, 0.1) is 18.7 Å². The van der Waals surface area contributed by atoms with Crippen molar-refractivity contribution in [2.24, 2.45) is 5.92 Å². The predicted molar refractivity (Wildman–Crippen MR) is 96.0 cm³/mol. The van der Waals surface area contributed by atoms with Crippen LogP contribution in [0.15, 0.2) is 18.2 Å². The minimum atomic E-state index is -0.481. The van der Waals surface area contributed by atoms with Gasteiger partial charge in [-0.3, -0.25) is 9.69 Å². The SMILES string of the molecule is Cc1cc(CC2CCN(C(=O)C(C)(C)N3CCOCC3)C2)ccc1F. The average Bonchev–Trinajstić information content (AvgIpc) is 3.06. The third-order valence-electron chi connectivity index (χ3n) is 5.64. The van der Waals surface area contributed by atoms with Gasteiger partial charge in [0.2, 0.25) is 5.91 Å². The van der Waals surface area contributed by atoms with Gasteiger partial charge in [0.25, 0.3) is 0 Å². The van der Waals surface area contributed by atoms with Gasteiger partial charge in [-0.2, -0.15) is 0 Å². The second-order valence-electron chi connectivity index (χ2n) is 7.85. The van der Waals surface area contributed by atoms with E-state index in [0.29, 0.717) is 24.7 Å². The molecule has 0 N–H and O–H groups in total. The summed E-state index contributed by atoms with van der Waals surface area (Å²) in [4.78, 5) is 17.3. The molecule has 3 rings (SSSR count). The largest absolute Gasteiger partial charge is 0.379 e. The number of ether oxygens (including phenoxy) is 1. The average molecular weight is 348 g/mol. The van der Waals surface area contributed by atoms with E-state index < -0.39 is 5.54 Å². The van der Waals surface area contributed by atoms with Crippen LogP contribution in [-0.2, 0) is 16.0 Å². The molecule has 1 atom stereocenters. The van der Waals surface area contributed by atoms with E-state index in [-0.39, 0.29) is 11.7 Å². The molecule has 2 aliphatic rings. The van der Waals surface area contributed by atoms with Crippen LogP contribution in [0.3, 0.4) is 0 Å². The molecule has 2 heterocycles. The molecule has 1 unspecified atom stereocenters. The van der Waals surface area contributed by atoms with Crippen molar-refractivity contribution in [3.63, 3.8) is 0 Å². The monoisotopic (exact) mass is 348 g/mol. The van der Waals surface area contributed by atoms with E-state index in [4.69, 9.17) is 4.74 Å². The van der Waals surface area contributed by atoms with E-state index in [0.717, 1.165) is 44.6 Å². The molecule has 1 amide bonds. The van der Waals surface area contributed by atoms with E-state index in [9.17, 15) is 9.18 Å². The van der Waals surface area contributed by atoms with Crippen molar-refractivity contribution in [1.82, 2.24) is 9.80 Å². The Morgan fingerprint density at radius 1 is 1.28 bits per heavy atom. The first-order chi connectivity index (χ1) is 11.9. The molecule has 138 valence electrons. The van der Waals surface area contributed by atoms with Gasteiger partial charge in [0, 0.05) is 26.2 Å². The van der Waals surface area contributed by atoms with Crippen molar-refractivity contribution < 1.29 is 13.9 Å². The Morgan fingerprint density at radius 3 is 2.68 bits per heavy atom. The number of hydrogen-bond donors (Lipinski definition) is 0. The maximum atomic E-state index is 13.4. The molecule has 0 spiro atoms. The number of halogens is 1. The number of aryl methyl sites for hydroxylation is 1. The Bertz CT molecular complexity index is 626. The molecule has 0 saturated carbocycles. The normalized spacial score (nSPS) is 22.4. The van der Waals surface area contributed by atoms with Crippen LogP contribution < -0.4 is 0 Å². The molecule has 0 aromatic heterocycles. The summed E-state index contributed by atoms with van der Waals surface area (Å²) in [6, 6.07) is 5.34. The van der Waals surface area contributed by atoms with Gasteiger partial charge in [0.05, 0.1) is 18.8 Å². The van der Waals surface area contributed by atoms with Crippen LogP contribution in [0.1, 0.15) is 31.4 Å². The topological polar surface area (TPSA) is 32.8 Å². The van der Waals surface area contributed by atoms with Crippen molar-refractivity contribution in [2.45, 2.75) is 39.2 Å². The molecule has 25 heavy (non-hydrogen) atoms. The standard InChI is InChI=1S/C20H29FN2O2/c1-15-12-16(4-5-18(15)21)13-17-6-7-22(14-17)19(24)20(2,3)23-8-10-25-11-9-23/h4-5,12,17H,6-11,13-14H2,1-3H3. The quantitative estimate of drug-likeness (QED) is 0.839. The number of benzene rings is 1. The Labute approximate surface area is 149 Å². The predicted octanol–water partition coefficient (Wildman–Crippen LogP) is 2.64. The van der Waals surface area contributed by atoms with Crippen molar-refractivity contribution in [3.05, 3.63) is 35.1 Å². The number of likely N-dealkylation sites (tertiary alicyclic amines) is 1. The minimum absolute atomic E-state index is 0.153. The zero-order valence-corrected chi connectivity index (χ0v) is 15.6. The Kier molecular flexibility index (Phi) is 5.44. The highest BCUT2D eigenvalue weighted by atomic mass is 19.1. The highest BCUT2D eigenvalue weighted by molar-refractivity contribution is 5.85. The van der Waals surface area contributed by atoms with Crippen molar-refractivity contribution in [1.29, 1.82) is 0 Å². The summed E-state index contributed by atoms with van der Waals surface area (Å²) < 4.78 is 18.8. The molecule has 2 fully saturated rings. The second kappa shape index (κ2) is 7.42. The highest BCUT2D eigenvalue weighted by Gasteiger charge is 2.40. The number of rotatable bonds is 4. The fourth-order valence-corrected chi connectivity index (χ4v) is 4.00. The minimum Gasteiger partial charge on any atom is -0.379 e. The molecule has 1 aromatic rings. The molecule has 4 nitrogen and oxygen atoms in total. The van der Waals surface area contributed by atoms with Gasteiger partial charge in [0.1, 0.15) is 5.82 Å². The van der Waals surface area contributed by atoms with Crippen LogP contribution in [0.4, 0.5) is 4.39 Å². The summed E-state index contributed by atoms with van der Waals surface area (Å²) in [6.45, 7) is 10.5. The van der Waals surface area contributed by atoms with Crippen LogP contribution in [0.5, 0.6) is 0 Å².